The molecule has 2 unspecified atom stereocenters. The van der Waals surface area contributed by atoms with Crippen molar-refractivity contribution < 1.29 is 9.18 Å². The van der Waals surface area contributed by atoms with Gasteiger partial charge < -0.3 is 5.32 Å². The highest BCUT2D eigenvalue weighted by atomic mass is 19.1. The lowest BCUT2D eigenvalue weighted by Crippen LogP contribution is -2.31. The second-order valence-electron chi connectivity index (χ2n) is 2.98. The molecule has 3 heteroatoms. The number of carbonyl (C=O) groups excluding carboxylic acids is 1. The molecular formula is C8H10FNO. The van der Waals surface area contributed by atoms with Crippen LogP contribution in [0.4, 0.5) is 4.39 Å². The molecule has 1 saturated carbocycles. The zero-order valence-electron chi connectivity index (χ0n) is 6.36. The highest BCUT2D eigenvalue weighted by Crippen LogP contribution is 2.48. The quantitative estimate of drug-likeness (QED) is 0.577. The van der Waals surface area contributed by atoms with E-state index >= 15 is 0 Å². The highest BCUT2D eigenvalue weighted by Gasteiger charge is 2.57. The van der Waals surface area contributed by atoms with Gasteiger partial charge in [-0.2, -0.15) is 0 Å². The van der Waals surface area contributed by atoms with E-state index in [1.54, 1.807) is 6.92 Å². The van der Waals surface area contributed by atoms with Crippen LogP contribution in [0.1, 0.15) is 13.3 Å². The molecule has 1 aliphatic carbocycles. The monoisotopic (exact) mass is 155 g/mol. The van der Waals surface area contributed by atoms with E-state index < -0.39 is 11.6 Å². The van der Waals surface area contributed by atoms with E-state index in [9.17, 15) is 9.18 Å². The average molecular weight is 155 g/mol. The summed E-state index contributed by atoms with van der Waals surface area (Å²) in [6.45, 7) is 1.78. The number of alkyl halides is 1. The van der Waals surface area contributed by atoms with Gasteiger partial charge in [0, 0.05) is 0 Å². The van der Waals surface area contributed by atoms with Crippen LogP contribution in [-0.2, 0) is 4.79 Å². The summed E-state index contributed by atoms with van der Waals surface area (Å²) in [6, 6.07) is 0. The Hall–Kier alpha value is -1.04. The Labute approximate surface area is 65.2 Å². The van der Waals surface area contributed by atoms with Crippen molar-refractivity contribution in [2.75, 3.05) is 6.54 Å². The Morgan fingerprint density at radius 3 is 2.91 bits per heavy atom. The first kappa shape index (κ1) is 8.06. The van der Waals surface area contributed by atoms with E-state index in [2.05, 4.69) is 11.2 Å². The van der Waals surface area contributed by atoms with Crippen LogP contribution >= 0.6 is 0 Å². The van der Waals surface area contributed by atoms with E-state index in [4.69, 9.17) is 6.42 Å². The molecule has 11 heavy (non-hydrogen) atoms. The van der Waals surface area contributed by atoms with E-state index in [0.29, 0.717) is 6.42 Å². The van der Waals surface area contributed by atoms with E-state index in [0.717, 1.165) is 0 Å². The first-order chi connectivity index (χ1) is 5.11. The standard InChI is InChI=1S/C8H10FNO/c1-3-4-10-7(11)8(2)5-6(8)9/h1,6H,4-5H2,2H3,(H,10,11). The lowest BCUT2D eigenvalue weighted by molar-refractivity contribution is -0.126. The van der Waals surface area contributed by atoms with Gasteiger partial charge in [-0.3, -0.25) is 4.79 Å². The van der Waals surface area contributed by atoms with Crippen LogP contribution in [0.2, 0.25) is 0 Å². The fourth-order valence-corrected chi connectivity index (χ4v) is 0.882. The number of hydrogen-bond acceptors (Lipinski definition) is 1. The highest BCUT2D eigenvalue weighted by molar-refractivity contribution is 5.86. The third kappa shape index (κ3) is 1.35. The SMILES string of the molecule is C#CCNC(=O)C1(C)CC1F. The van der Waals surface area contributed by atoms with Crippen molar-refractivity contribution in [3.05, 3.63) is 0 Å². The number of hydrogen-bond donors (Lipinski definition) is 1. The molecule has 1 aliphatic rings. The van der Waals surface area contributed by atoms with Gasteiger partial charge in [0.15, 0.2) is 0 Å². The van der Waals surface area contributed by atoms with Crippen molar-refractivity contribution in [1.29, 1.82) is 0 Å². The third-order valence-corrected chi connectivity index (χ3v) is 2.00. The van der Waals surface area contributed by atoms with Crippen molar-refractivity contribution in [3.8, 4) is 12.3 Å². The second-order valence-corrected chi connectivity index (χ2v) is 2.98. The van der Waals surface area contributed by atoms with Crippen molar-refractivity contribution in [2.45, 2.75) is 19.5 Å². The summed E-state index contributed by atoms with van der Waals surface area (Å²) in [5.74, 6) is 1.98. The van der Waals surface area contributed by atoms with Gasteiger partial charge in [0.2, 0.25) is 5.91 Å². The summed E-state index contributed by atoms with van der Waals surface area (Å²) in [5, 5.41) is 2.45. The summed E-state index contributed by atoms with van der Waals surface area (Å²) in [5.41, 5.74) is -0.795. The molecule has 0 bridgehead atoms. The smallest absolute Gasteiger partial charge is 0.229 e. The Balaban J connectivity index is 2.39. The van der Waals surface area contributed by atoms with Crippen LogP contribution < -0.4 is 5.32 Å². The van der Waals surface area contributed by atoms with E-state index in [1.807, 2.05) is 0 Å². The molecule has 1 amide bonds. The molecule has 60 valence electrons. The van der Waals surface area contributed by atoms with Crippen molar-refractivity contribution in [1.82, 2.24) is 5.32 Å². The molecule has 1 N–H and O–H groups in total. The molecule has 2 atom stereocenters. The largest absolute Gasteiger partial charge is 0.345 e. The average Bonchev–Trinajstić information content (AvgIpc) is 2.56. The molecule has 0 spiro atoms. The van der Waals surface area contributed by atoms with Crippen LogP contribution in [-0.4, -0.2) is 18.6 Å². The molecule has 2 nitrogen and oxygen atoms in total. The molecule has 0 radical (unpaired) electrons. The third-order valence-electron chi connectivity index (χ3n) is 2.00. The zero-order valence-corrected chi connectivity index (χ0v) is 6.36. The maximum Gasteiger partial charge on any atom is 0.229 e. The predicted octanol–water partition coefficient (Wildman–Crippen LogP) is 0.484. The van der Waals surface area contributed by atoms with Crippen molar-refractivity contribution in [3.63, 3.8) is 0 Å². The Kier molecular flexibility index (Phi) is 1.86. The molecule has 0 aromatic heterocycles. The van der Waals surface area contributed by atoms with Gasteiger partial charge in [-0.05, 0) is 13.3 Å². The Morgan fingerprint density at radius 1 is 2.00 bits per heavy atom. The summed E-state index contributed by atoms with van der Waals surface area (Å²) < 4.78 is 12.5. The molecule has 1 rings (SSSR count). The first-order valence-electron chi connectivity index (χ1n) is 3.47. The topological polar surface area (TPSA) is 29.1 Å². The summed E-state index contributed by atoms with van der Waals surface area (Å²) in [7, 11) is 0. The lowest BCUT2D eigenvalue weighted by Gasteiger charge is -2.06. The van der Waals surface area contributed by atoms with Gasteiger partial charge in [-0.15, -0.1) is 6.42 Å². The minimum Gasteiger partial charge on any atom is -0.345 e. The number of amides is 1. The number of rotatable bonds is 2. The number of halogens is 1. The summed E-state index contributed by atoms with van der Waals surface area (Å²) >= 11 is 0. The number of carbonyl (C=O) groups is 1. The summed E-state index contributed by atoms with van der Waals surface area (Å²) in [4.78, 5) is 11.0. The molecule has 0 aromatic rings. The maximum absolute atomic E-state index is 12.5. The molecular weight excluding hydrogens is 145 g/mol. The lowest BCUT2D eigenvalue weighted by atomic mass is 10.1. The maximum atomic E-state index is 12.5. The first-order valence-corrected chi connectivity index (χ1v) is 3.47. The second kappa shape index (κ2) is 2.54. The van der Waals surface area contributed by atoms with Gasteiger partial charge >= 0.3 is 0 Å². The fourth-order valence-electron chi connectivity index (χ4n) is 0.882. The van der Waals surface area contributed by atoms with Gasteiger partial charge in [0.1, 0.15) is 6.17 Å². The van der Waals surface area contributed by atoms with Crippen molar-refractivity contribution in [2.24, 2.45) is 5.41 Å². The minimum atomic E-state index is -0.986. The Bertz CT molecular complexity index is 221. The van der Waals surface area contributed by atoms with Gasteiger partial charge in [0.25, 0.3) is 0 Å². The predicted molar refractivity (Wildman–Crippen MR) is 39.5 cm³/mol. The number of terminal acetylenes is 1. The van der Waals surface area contributed by atoms with Crippen LogP contribution in [0.25, 0.3) is 0 Å². The van der Waals surface area contributed by atoms with E-state index in [1.165, 1.54) is 0 Å². The summed E-state index contributed by atoms with van der Waals surface area (Å²) in [6.07, 6.45) is 4.25. The fraction of sp³-hybridized carbons (Fsp3) is 0.625. The van der Waals surface area contributed by atoms with Crippen molar-refractivity contribution >= 4 is 5.91 Å². The van der Waals surface area contributed by atoms with Gasteiger partial charge in [-0.1, -0.05) is 5.92 Å². The van der Waals surface area contributed by atoms with E-state index in [-0.39, 0.29) is 12.5 Å². The normalized spacial score (nSPS) is 34.1. The molecule has 0 aliphatic heterocycles. The minimum absolute atomic E-state index is 0.182. The molecule has 1 fully saturated rings. The molecule has 0 saturated heterocycles. The van der Waals surface area contributed by atoms with Gasteiger partial charge in [-0.25, -0.2) is 4.39 Å². The van der Waals surface area contributed by atoms with Crippen LogP contribution in [0.15, 0.2) is 0 Å². The number of nitrogens with one attached hydrogen (secondary N) is 1. The molecule has 0 heterocycles. The molecule has 0 aromatic carbocycles. The Morgan fingerprint density at radius 2 is 2.55 bits per heavy atom. The van der Waals surface area contributed by atoms with Crippen LogP contribution in [0.3, 0.4) is 0 Å². The van der Waals surface area contributed by atoms with Crippen LogP contribution in [0, 0.1) is 17.8 Å². The van der Waals surface area contributed by atoms with Crippen LogP contribution in [0.5, 0.6) is 0 Å². The van der Waals surface area contributed by atoms with Gasteiger partial charge in [0.05, 0.1) is 12.0 Å². The zero-order chi connectivity index (χ0) is 8.48.